The number of halogens is 1. The average Bonchev–Trinajstić information content (AvgIpc) is 3.07. The van der Waals surface area contributed by atoms with Crippen molar-refractivity contribution in [1.29, 1.82) is 0 Å². The summed E-state index contributed by atoms with van der Waals surface area (Å²) in [6.45, 7) is 1.32. The largest absolute Gasteiger partial charge is 0.482 e. The molecule has 1 aromatic heterocycles. The summed E-state index contributed by atoms with van der Waals surface area (Å²) in [5, 5.41) is 4.71. The van der Waals surface area contributed by atoms with E-state index in [1.54, 1.807) is 35.6 Å². The Hall–Kier alpha value is -1.86. The molecule has 0 unspecified atom stereocenters. The molecular formula is C16H16BrNO4S. The van der Waals surface area contributed by atoms with Gasteiger partial charge in [-0.3, -0.25) is 4.79 Å². The SMILES string of the molecule is C[C@@H](NC(=O)COC(=O)COc1ccc(Br)cc1)c1cccs1. The van der Waals surface area contributed by atoms with Crippen LogP contribution in [0.25, 0.3) is 0 Å². The average molecular weight is 398 g/mol. The number of thiophene rings is 1. The van der Waals surface area contributed by atoms with Crippen LogP contribution in [0.4, 0.5) is 0 Å². The number of esters is 1. The first-order valence-corrected chi connectivity index (χ1v) is 8.58. The van der Waals surface area contributed by atoms with E-state index in [4.69, 9.17) is 9.47 Å². The van der Waals surface area contributed by atoms with Crippen LogP contribution in [0.1, 0.15) is 17.8 Å². The maximum Gasteiger partial charge on any atom is 0.344 e. The number of ether oxygens (including phenoxy) is 2. The Balaban J connectivity index is 1.67. The number of carbonyl (C=O) groups is 2. The van der Waals surface area contributed by atoms with Crippen molar-refractivity contribution in [2.24, 2.45) is 0 Å². The smallest absolute Gasteiger partial charge is 0.344 e. The summed E-state index contributed by atoms with van der Waals surface area (Å²) in [7, 11) is 0. The third-order valence-corrected chi connectivity index (χ3v) is 4.47. The monoisotopic (exact) mass is 397 g/mol. The van der Waals surface area contributed by atoms with E-state index >= 15 is 0 Å². The molecule has 23 heavy (non-hydrogen) atoms. The lowest BCUT2D eigenvalue weighted by molar-refractivity contribution is -0.150. The molecule has 122 valence electrons. The fraction of sp³-hybridized carbons (Fsp3) is 0.250. The third-order valence-electron chi connectivity index (χ3n) is 2.88. The first-order valence-electron chi connectivity index (χ1n) is 6.91. The molecule has 0 saturated heterocycles. The van der Waals surface area contributed by atoms with Crippen molar-refractivity contribution in [1.82, 2.24) is 5.32 Å². The summed E-state index contributed by atoms with van der Waals surface area (Å²) in [5.41, 5.74) is 0. The number of amides is 1. The van der Waals surface area contributed by atoms with Crippen molar-refractivity contribution in [2.75, 3.05) is 13.2 Å². The van der Waals surface area contributed by atoms with E-state index in [1.807, 2.05) is 24.4 Å². The van der Waals surface area contributed by atoms with Crippen LogP contribution < -0.4 is 10.1 Å². The third kappa shape index (κ3) is 6.03. The van der Waals surface area contributed by atoms with Crippen LogP contribution in [0.2, 0.25) is 0 Å². The van der Waals surface area contributed by atoms with Gasteiger partial charge in [0.1, 0.15) is 5.75 Å². The van der Waals surface area contributed by atoms with Gasteiger partial charge in [0, 0.05) is 9.35 Å². The molecule has 0 fully saturated rings. The number of hydrogen-bond donors (Lipinski definition) is 1. The fourth-order valence-corrected chi connectivity index (χ4v) is 2.75. The summed E-state index contributed by atoms with van der Waals surface area (Å²) < 4.78 is 11.1. The molecule has 0 spiro atoms. The zero-order chi connectivity index (χ0) is 16.7. The molecule has 1 heterocycles. The predicted molar refractivity (Wildman–Crippen MR) is 91.5 cm³/mol. The van der Waals surface area contributed by atoms with Crippen LogP contribution in [0, 0.1) is 0 Å². The summed E-state index contributed by atoms with van der Waals surface area (Å²) in [6, 6.07) is 10.8. The number of rotatable bonds is 7. The van der Waals surface area contributed by atoms with E-state index < -0.39 is 5.97 Å². The van der Waals surface area contributed by atoms with Crippen molar-refractivity contribution in [3.05, 3.63) is 51.1 Å². The van der Waals surface area contributed by atoms with Gasteiger partial charge in [0.25, 0.3) is 5.91 Å². The Labute approximate surface area is 146 Å². The highest BCUT2D eigenvalue weighted by Gasteiger charge is 2.12. The summed E-state index contributed by atoms with van der Waals surface area (Å²) in [4.78, 5) is 24.3. The fourth-order valence-electron chi connectivity index (χ4n) is 1.75. The van der Waals surface area contributed by atoms with E-state index in [1.165, 1.54) is 0 Å². The predicted octanol–water partition coefficient (Wildman–Crippen LogP) is 3.31. The van der Waals surface area contributed by atoms with Gasteiger partial charge < -0.3 is 14.8 Å². The second kappa shape index (κ2) is 8.69. The van der Waals surface area contributed by atoms with Gasteiger partial charge in [0.2, 0.25) is 0 Å². The molecule has 1 amide bonds. The minimum Gasteiger partial charge on any atom is -0.482 e. The van der Waals surface area contributed by atoms with Crippen molar-refractivity contribution < 1.29 is 19.1 Å². The first-order chi connectivity index (χ1) is 11.0. The molecule has 0 aliphatic carbocycles. The van der Waals surface area contributed by atoms with E-state index in [0.717, 1.165) is 9.35 Å². The Kier molecular flexibility index (Phi) is 6.61. The van der Waals surface area contributed by atoms with Crippen molar-refractivity contribution >= 4 is 39.1 Å². The van der Waals surface area contributed by atoms with Crippen LogP contribution in [0.15, 0.2) is 46.3 Å². The van der Waals surface area contributed by atoms with Crippen molar-refractivity contribution in [2.45, 2.75) is 13.0 Å². The standard InChI is InChI=1S/C16H16BrNO4S/c1-11(14-3-2-8-23-14)18-15(19)9-22-16(20)10-21-13-6-4-12(17)5-7-13/h2-8,11H,9-10H2,1H3,(H,18,19)/t11-/m1/s1. The van der Waals surface area contributed by atoms with Gasteiger partial charge in [-0.25, -0.2) is 4.79 Å². The van der Waals surface area contributed by atoms with Gasteiger partial charge in [0.15, 0.2) is 13.2 Å². The molecule has 0 bridgehead atoms. The highest BCUT2D eigenvalue weighted by Crippen LogP contribution is 2.18. The van der Waals surface area contributed by atoms with Gasteiger partial charge in [-0.05, 0) is 42.6 Å². The maximum atomic E-state index is 11.7. The molecular weight excluding hydrogens is 382 g/mol. The van der Waals surface area contributed by atoms with Crippen molar-refractivity contribution in [3.63, 3.8) is 0 Å². The Morgan fingerprint density at radius 2 is 1.96 bits per heavy atom. The molecule has 1 N–H and O–H groups in total. The zero-order valence-corrected chi connectivity index (χ0v) is 14.9. The molecule has 1 atom stereocenters. The summed E-state index contributed by atoms with van der Waals surface area (Å²) in [5.74, 6) is -0.379. The quantitative estimate of drug-likeness (QED) is 0.727. The number of carbonyl (C=O) groups excluding carboxylic acids is 2. The number of hydrogen-bond acceptors (Lipinski definition) is 5. The van der Waals surface area contributed by atoms with Crippen LogP contribution >= 0.6 is 27.3 Å². The number of nitrogens with one attached hydrogen (secondary N) is 1. The van der Waals surface area contributed by atoms with Crippen molar-refractivity contribution in [3.8, 4) is 5.75 Å². The molecule has 2 aromatic rings. The molecule has 0 aliphatic heterocycles. The molecule has 7 heteroatoms. The van der Waals surface area contributed by atoms with Crippen LogP contribution in [-0.2, 0) is 14.3 Å². The van der Waals surface area contributed by atoms with Gasteiger partial charge in [-0.1, -0.05) is 22.0 Å². The van der Waals surface area contributed by atoms with Gasteiger partial charge in [-0.2, -0.15) is 0 Å². The lowest BCUT2D eigenvalue weighted by Crippen LogP contribution is -2.31. The highest BCUT2D eigenvalue weighted by molar-refractivity contribution is 9.10. The first kappa shape index (κ1) is 17.5. The van der Waals surface area contributed by atoms with Gasteiger partial charge >= 0.3 is 5.97 Å². The van der Waals surface area contributed by atoms with Crippen LogP contribution in [0.3, 0.4) is 0 Å². The lowest BCUT2D eigenvalue weighted by atomic mass is 10.3. The van der Waals surface area contributed by atoms with Crippen LogP contribution in [0.5, 0.6) is 5.75 Å². The van der Waals surface area contributed by atoms with E-state index in [0.29, 0.717) is 5.75 Å². The van der Waals surface area contributed by atoms with E-state index in [9.17, 15) is 9.59 Å². The highest BCUT2D eigenvalue weighted by atomic mass is 79.9. The maximum absolute atomic E-state index is 11.7. The van der Waals surface area contributed by atoms with E-state index in [-0.39, 0.29) is 25.2 Å². The molecule has 5 nitrogen and oxygen atoms in total. The minimum absolute atomic E-state index is 0.111. The minimum atomic E-state index is -0.591. The summed E-state index contributed by atoms with van der Waals surface area (Å²) >= 11 is 4.87. The second-order valence-corrected chi connectivity index (χ2v) is 6.60. The zero-order valence-electron chi connectivity index (χ0n) is 12.5. The van der Waals surface area contributed by atoms with Gasteiger partial charge in [-0.15, -0.1) is 11.3 Å². The summed E-state index contributed by atoms with van der Waals surface area (Å²) in [6.07, 6.45) is 0. The molecule has 0 radical (unpaired) electrons. The molecule has 0 saturated carbocycles. The Morgan fingerprint density at radius 1 is 1.22 bits per heavy atom. The second-order valence-electron chi connectivity index (χ2n) is 4.71. The Bertz CT molecular complexity index is 643. The molecule has 0 aliphatic rings. The van der Waals surface area contributed by atoms with Gasteiger partial charge in [0.05, 0.1) is 6.04 Å². The number of benzene rings is 1. The lowest BCUT2D eigenvalue weighted by Gasteiger charge is -2.12. The van der Waals surface area contributed by atoms with Crippen LogP contribution in [-0.4, -0.2) is 25.1 Å². The molecule has 2 rings (SSSR count). The van der Waals surface area contributed by atoms with E-state index in [2.05, 4.69) is 21.2 Å². The normalized spacial score (nSPS) is 11.6. The molecule has 1 aromatic carbocycles. The Morgan fingerprint density at radius 3 is 2.61 bits per heavy atom. The topological polar surface area (TPSA) is 64.6 Å².